The molecule has 0 fully saturated rings. The molecule has 6 nitrogen and oxygen atoms in total. The Kier molecular flexibility index (Phi) is 2.95. The van der Waals surface area contributed by atoms with Gasteiger partial charge in [-0.25, -0.2) is 4.98 Å². The van der Waals surface area contributed by atoms with Crippen LogP contribution in [0.1, 0.15) is 6.42 Å². The zero-order valence-electron chi connectivity index (χ0n) is 5.96. The summed E-state index contributed by atoms with van der Waals surface area (Å²) in [4.78, 5) is 6.40. The van der Waals surface area contributed by atoms with Crippen molar-refractivity contribution in [3.8, 4) is 0 Å². The molecule has 11 heavy (non-hydrogen) atoms. The van der Waals surface area contributed by atoms with Crippen LogP contribution >= 0.6 is 0 Å². The van der Waals surface area contributed by atoms with E-state index in [-0.39, 0.29) is 0 Å². The SMILES string of the molecule is [N-]=[N+]=NCCCn1cncn1. The third kappa shape index (κ3) is 2.68. The lowest BCUT2D eigenvalue weighted by molar-refractivity contribution is 0.583. The van der Waals surface area contributed by atoms with Crippen molar-refractivity contribution in [3.63, 3.8) is 0 Å². The second kappa shape index (κ2) is 4.29. The van der Waals surface area contributed by atoms with Gasteiger partial charge in [-0.3, -0.25) is 4.68 Å². The zero-order chi connectivity index (χ0) is 7.94. The van der Waals surface area contributed by atoms with E-state index in [1.807, 2.05) is 0 Å². The van der Waals surface area contributed by atoms with Crippen LogP contribution < -0.4 is 0 Å². The van der Waals surface area contributed by atoms with Gasteiger partial charge in [-0.2, -0.15) is 5.10 Å². The van der Waals surface area contributed by atoms with E-state index in [2.05, 4.69) is 20.1 Å². The monoisotopic (exact) mass is 152 g/mol. The number of hydrogen-bond acceptors (Lipinski definition) is 3. The lowest BCUT2D eigenvalue weighted by Crippen LogP contribution is -1.99. The summed E-state index contributed by atoms with van der Waals surface area (Å²) in [6.07, 6.45) is 3.91. The molecule has 0 aromatic carbocycles. The Labute approximate surface area is 63.5 Å². The number of nitrogens with zero attached hydrogens (tertiary/aromatic N) is 6. The number of aryl methyl sites for hydroxylation is 1. The van der Waals surface area contributed by atoms with Gasteiger partial charge >= 0.3 is 0 Å². The normalized spacial score (nSPS) is 9.09. The molecule has 0 aliphatic carbocycles. The second-order valence-electron chi connectivity index (χ2n) is 1.97. The third-order valence-electron chi connectivity index (χ3n) is 1.18. The van der Waals surface area contributed by atoms with Crippen molar-refractivity contribution >= 4 is 0 Å². The van der Waals surface area contributed by atoms with Crippen LogP contribution in [0.25, 0.3) is 10.4 Å². The molecule has 0 atom stereocenters. The van der Waals surface area contributed by atoms with Gasteiger partial charge in [0.15, 0.2) is 0 Å². The summed E-state index contributed by atoms with van der Waals surface area (Å²) in [7, 11) is 0. The average Bonchev–Trinajstić information content (AvgIpc) is 2.50. The Morgan fingerprint density at radius 3 is 3.18 bits per heavy atom. The van der Waals surface area contributed by atoms with Crippen LogP contribution in [0.5, 0.6) is 0 Å². The third-order valence-corrected chi connectivity index (χ3v) is 1.18. The van der Waals surface area contributed by atoms with Crippen LogP contribution in [-0.4, -0.2) is 21.3 Å². The molecule has 1 aromatic rings. The van der Waals surface area contributed by atoms with Crippen LogP contribution in [0, 0.1) is 0 Å². The Balaban J connectivity index is 2.18. The molecular formula is C5H8N6. The highest BCUT2D eigenvalue weighted by molar-refractivity contribution is 4.56. The highest BCUT2D eigenvalue weighted by atomic mass is 15.3. The van der Waals surface area contributed by atoms with Crippen LogP contribution in [0.15, 0.2) is 17.8 Å². The summed E-state index contributed by atoms with van der Waals surface area (Å²) >= 11 is 0. The summed E-state index contributed by atoms with van der Waals surface area (Å²) in [5, 5.41) is 7.27. The molecule has 6 heteroatoms. The maximum Gasteiger partial charge on any atom is 0.137 e. The fourth-order valence-corrected chi connectivity index (χ4v) is 0.696. The highest BCUT2D eigenvalue weighted by Crippen LogP contribution is 1.87. The number of aromatic nitrogens is 3. The molecule has 0 unspecified atom stereocenters. The van der Waals surface area contributed by atoms with Crippen LogP contribution in [-0.2, 0) is 6.54 Å². The summed E-state index contributed by atoms with van der Waals surface area (Å²) in [5.41, 5.74) is 7.95. The second-order valence-corrected chi connectivity index (χ2v) is 1.97. The fourth-order valence-electron chi connectivity index (χ4n) is 0.696. The van der Waals surface area contributed by atoms with E-state index in [9.17, 15) is 0 Å². The van der Waals surface area contributed by atoms with Crippen molar-refractivity contribution in [2.24, 2.45) is 5.11 Å². The van der Waals surface area contributed by atoms with Gasteiger partial charge in [-0.15, -0.1) is 0 Å². The number of azide groups is 1. The van der Waals surface area contributed by atoms with Crippen molar-refractivity contribution in [2.45, 2.75) is 13.0 Å². The Bertz CT molecular complexity index is 233. The minimum Gasteiger partial charge on any atom is -0.253 e. The molecule has 0 spiro atoms. The van der Waals surface area contributed by atoms with E-state index in [1.165, 1.54) is 6.33 Å². The van der Waals surface area contributed by atoms with E-state index in [0.717, 1.165) is 13.0 Å². The van der Waals surface area contributed by atoms with Crippen LogP contribution in [0.4, 0.5) is 0 Å². The first kappa shape index (κ1) is 7.56. The van der Waals surface area contributed by atoms with E-state index in [0.29, 0.717) is 6.54 Å². The Morgan fingerprint density at radius 1 is 1.64 bits per heavy atom. The largest absolute Gasteiger partial charge is 0.253 e. The molecule has 0 saturated carbocycles. The van der Waals surface area contributed by atoms with Crippen molar-refractivity contribution in [3.05, 3.63) is 23.1 Å². The molecule has 0 N–H and O–H groups in total. The number of hydrogen-bond donors (Lipinski definition) is 0. The lowest BCUT2D eigenvalue weighted by Gasteiger charge is -1.94. The van der Waals surface area contributed by atoms with Crippen molar-refractivity contribution in [2.75, 3.05) is 6.54 Å². The minimum atomic E-state index is 0.510. The molecule has 1 heterocycles. The summed E-state index contributed by atoms with van der Waals surface area (Å²) in [5.74, 6) is 0. The first-order valence-electron chi connectivity index (χ1n) is 3.27. The predicted molar refractivity (Wildman–Crippen MR) is 38.7 cm³/mol. The van der Waals surface area contributed by atoms with Gasteiger partial charge in [-0.05, 0) is 12.0 Å². The molecule has 0 bridgehead atoms. The summed E-state index contributed by atoms with van der Waals surface area (Å²) < 4.78 is 1.70. The minimum absolute atomic E-state index is 0.510. The molecular weight excluding hydrogens is 144 g/mol. The van der Waals surface area contributed by atoms with Crippen molar-refractivity contribution < 1.29 is 0 Å². The summed E-state index contributed by atoms with van der Waals surface area (Å²) in [6, 6.07) is 0. The topological polar surface area (TPSA) is 79.5 Å². The average molecular weight is 152 g/mol. The predicted octanol–water partition coefficient (Wildman–Crippen LogP) is 0.978. The van der Waals surface area contributed by atoms with E-state index >= 15 is 0 Å². The number of rotatable bonds is 4. The van der Waals surface area contributed by atoms with Crippen LogP contribution in [0.2, 0.25) is 0 Å². The highest BCUT2D eigenvalue weighted by Gasteiger charge is 1.88. The van der Waals surface area contributed by atoms with E-state index in [1.54, 1.807) is 11.0 Å². The zero-order valence-corrected chi connectivity index (χ0v) is 5.96. The quantitative estimate of drug-likeness (QED) is 0.279. The van der Waals surface area contributed by atoms with Gasteiger partial charge < -0.3 is 0 Å². The van der Waals surface area contributed by atoms with Gasteiger partial charge in [-0.1, -0.05) is 5.11 Å². The molecule has 1 rings (SSSR count). The molecule has 58 valence electrons. The standard InChI is InChI=1S/C5H8N6/c6-10-8-2-1-3-11-5-7-4-9-11/h4-5H,1-3H2. The lowest BCUT2D eigenvalue weighted by atomic mass is 10.4. The van der Waals surface area contributed by atoms with E-state index in [4.69, 9.17) is 5.53 Å². The Hall–Kier alpha value is -1.55. The van der Waals surface area contributed by atoms with Gasteiger partial charge in [0.25, 0.3) is 0 Å². The fraction of sp³-hybridized carbons (Fsp3) is 0.600. The van der Waals surface area contributed by atoms with Gasteiger partial charge in [0.2, 0.25) is 0 Å². The maximum absolute atomic E-state index is 7.95. The van der Waals surface area contributed by atoms with Crippen molar-refractivity contribution in [1.29, 1.82) is 0 Å². The van der Waals surface area contributed by atoms with Gasteiger partial charge in [0.1, 0.15) is 12.7 Å². The smallest absolute Gasteiger partial charge is 0.137 e. The first-order valence-corrected chi connectivity index (χ1v) is 3.27. The first-order chi connectivity index (χ1) is 5.43. The van der Waals surface area contributed by atoms with Gasteiger partial charge in [0.05, 0.1) is 0 Å². The molecule has 0 aliphatic heterocycles. The molecule has 0 amide bonds. The molecule has 0 aliphatic rings. The Morgan fingerprint density at radius 2 is 2.55 bits per heavy atom. The van der Waals surface area contributed by atoms with Crippen LogP contribution in [0.3, 0.4) is 0 Å². The van der Waals surface area contributed by atoms with Gasteiger partial charge in [0, 0.05) is 18.0 Å². The van der Waals surface area contributed by atoms with Crippen molar-refractivity contribution in [1.82, 2.24) is 14.8 Å². The molecule has 0 saturated heterocycles. The molecule has 0 radical (unpaired) electrons. The summed E-state index contributed by atoms with van der Waals surface area (Å²) in [6.45, 7) is 1.26. The van der Waals surface area contributed by atoms with E-state index < -0.39 is 0 Å². The molecule has 1 aromatic heterocycles. The maximum atomic E-state index is 7.95.